The monoisotopic (exact) mass is 313 g/mol. The molecule has 18 heavy (non-hydrogen) atoms. The van der Waals surface area contributed by atoms with E-state index in [-0.39, 0.29) is 11.9 Å². The summed E-state index contributed by atoms with van der Waals surface area (Å²) < 4.78 is 0.971. The van der Waals surface area contributed by atoms with Crippen molar-refractivity contribution in [2.45, 2.75) is 39.3 Å². The summed E-state index contributed by atoms with van der Waals surface area (Å²) >= 11 is 3.34. The average molecular weight is 314 g/mol. The number of nitrogens with zero attached hydrogens (tertiary/aromatic N) is 1. The molecular weight excluding hydrogens is 294 g/mol. The molecule has 0 aliphatic carbocycles. The van der Waals surface area contributed by atoms with Crippen LogP contribution in [0.15, 0.2) is 22.8 Å². The molecule has 0 aliphatic rings. The lowest BCUT2D eigenvalue weighted by molar-refractivity contribution is -0.121. The molecular formula is C13H20BrN3O. The average Bonchev–Trinajstić information content (AvgIpc) is 2.36. The molecule has 1 atom stereocenters. The van der Waals surface area contributed by atoms with Gasteiger partial charge in [0.25, 0.3) is 0 Å². The first-order chi connectivity index (χ1) is 8.61. The van der Waals surface area contributed by atoms with Gasteiger partial charge in [-0.1, -0.05) is 6.92 Å². The Labute approximate surface area is 117 Å². The van der Waals surface area contributed by atoms with Crippen LogP contribution in [0.5, 0.6) is 0 Å². The molecule has 0 fully saturated rings. The number of rotatable bonds is 7. The standard InChI is InChI=1S/C13H20BrN3O/c1-3-10(2)17-13(18)6-7-15-9-12-5-4-11(14)8-16-12/h4-5,8,10,15H,3,6-7,9H2,1-2H3,(H,17,18). The lowest BCUT2D eigenvalue weighted by atomic mass is 10.2. The molecule has 0 aliphatic heterocycles. The van der Waals surface area contributed by atoms with Crippen LogP contribution in [-0.2, 0) is 11.3 Å². The molecule has 0 radical (unpaired) electrons. The number of hydrogen-bond acceptors (Lipinski definition) is 3. The summed E-state index contributed by atoms with van der Waals surface area (Å²) in [5.74, 6) is 0.0978. The van der Waals surface area contributed by atoms with Crippen molar-refractivity contribution in [3.8, 4) is 0 Å². The maximum Gasteiger partial charge on any atom is 0.221 e. The minimum absolute atomic E-state index is 0.0978. The van der Waals surface area contributed by atoms with Crippen LogP contribution < -0.4 is 10.6 Å². The highest BCUT2D eigenvalue weighted by molar-refractivity contribution is 9.10. The van der Waals surface area contributed by atoms with E-state index in [2.05, 4.69) is 38.5 Å². The fourth-order valence-corrected chi connectivity index (χ4v) is 1.61. The van der Waals surface area contributed by atoms with Gasteiger partial charge in [-0.25, -0.2) is 0 Å². The summed E-state index contributed by atoms with van der Waals surface area (Å²) in [6.45, 7) is 5.42. The van der Waals surface area contributed by atoms with E-state index < -0.39 is 0 Å². The van der Waals surface area contributed by atoms with Crippen LogP contribution in [0.1, 0.15) is 32.4 Å². The molecule has 1 aromatic heterocycles. The van der Waals surface area contributed by atoms with Crippen LogP contribution in [-0.4, -0.2) is 23.5 Å². The number of carbonyl (C=O) groups is 1. The third kappa shape index (κ3) is 6.12. The summed E-state index contributed by atoms with van der Waals surface area (Å²) in [6.07, 6.45) is 3.23. The summed E-state index contributed by atoms with van der Waals surface area (Å²) in [5, 5.41) is 6.14. The number of hydrogen-bond donors (Lipinski definition) is 2. The van der Waals surface area contributed by atoms with E-state index in [1.54, 1.807) is 6.20 Å². The second kappa shape index (κ2) is 8.21. The molecule has 2 N–H and O–H groups in total. The highest BCUT2D eigenvalue weighted by Gasteiger charge is 2.04. The number of aromatic nitrogens is 1. The molecule has 1 aromatic rings. The minimum atomic E-state index is 0.0978. The van der Waals surface area contributed by atoms with Crippen LogP contribution in [0.25, 0.3) is 0 Å². The first-order valence-electron chi connectivity index (χ1n) is 6.22. The molecule has 0 saturated heterocycles. The van der Waals surface area contributed by atoms with Crippen molar-refractivity contribution in [2.75, 3.05) is 6.54 Å². The fourth-order valence-electron chi connectivity index (χ4n) is 1.38. The van der Waals surface area contributed by atoms with Gasteiger partial charge >= 0.3 is 0 Å². The second-order valence-corrected chi connectivity index (χ2v) is 5.19. The number of amides is 1. The molecule has 1 rings (SSSR count). The summed E-state index contributed by atoms with van der Waals surface area (Å²) in [4.78, 5) is 15.7. The van der Waals surface area contributed by atoms with Gasteiger partial charge in [-0.15, -0.1) is 0 Å². The highest BCUT2D eigenvalue weighted by Crippen LogP contribution is 2.06. The Kier molecular flexibility index (Phi) is 6.90. The maximum absolute atomic E-state index is 11.5. The number of carbonyl (C=O) groups excluding carboxylic acids is 1. The van der Waals surface area contributed by atoms with E-state index in [4.69, 9.17) is 0 Å². The summed E-state index contributed by atoms with van der Waals surface area (Å²) in [7, 11) is 0. The molecule has 5 heteroatoms. The van der Waals surface area contributed by atoms with Crippen molar-refractivity contribution in [1.82, 2.24) is 15.6 Å². The number of halogens is 1. The molecule has 0 bridgehead atoms. The molecule has 1 amide bonds. The lowest BCUT2D eigenvalue weighted by Crippen LogP contribution is -2.33. The Morgan fingerprint density at radius 3 is 2.89 bits per heavy atom. The summed E-state index contributed by atoms with van der Waals surface area (Å²) in [6, 6.07) is 4.17. The zero-order chi connectivity index (χ0) is 13.4. The predicted octanol–water partition coefficient (Wildman–Crippen LogP) is 2.24. The molecule has 100 valence electrons. The Balaban J connectivity index is 2.15. The van der Waals surface area contributed by atoms with Crippen molar-refractivity contribution in [1.29, 1.82) is 0 Å². The van der Waals surface area contributed by atoms with Gasteiger partial charge in [0, 0.05) is 36.2 Å². The molecule has 0 aromatic carbocycles. The highest BCUT2D eigenvalue weighted by atomic mass is 79.9. The topological polar surface area (TPSA) is 54.0 Å². The van der Waals surface area contributed by atoms with Gasteiger partial charge in [0.1, 0.15) is 0 Å². The molecule has 1 unspecified atom stereocenters. The Hall–Kier alpha value is -0.940. The first kappa shape index (κ1) is 15.1. The summed E-state index contributed by atoms with van der Waals surface area (Å²) in [5.41, 5.74) is 0.973. The fraction of sp³-hybridized carbons (Fsp3) is 0.538. The van der Waals surface area contributed by atoms with Crippen LogP contribution in [0.4, 0.5) is 0 Å². The van der Waals surface area contributed by atoms with Crippen LogP contribution in [0.2, 0.25) is 0 Å². The zero-order valence-corrected chi connectivity index (χ0v) is 12.5. The largest absolute Gasteiger partial charge is 0.354 e. The van der Waals surface area contributed by atoms with Gasteiger partial charge in [-0.05, 0) is 41.4 Å². The zero-order valence-electron chi connectivity index (χ0n) is 10.9. The van der Waals surface area contributed by atoms with Crippen LogP contribution >= 0.6 is 15.9 Å². The third-order valence-corrected chi connectivity index (χ3v) is 3.11. The number of nitrogens with one attached hydrogen (secondary N) is 2. The van der Waals surface area contributed by atoms with Crippen molar-refractivity contribution in [2.24, 2.45) is 0 Å². The third-order valence-electron chi connectivity index (χ3n) is 2.64. The van der Waals surface area contributed by atoms with E-state index in [0.29, 0.717) is 19.5 Å². The smallest absolute Gasteiger partial charge is 0.221 e. The van der Waals surface area contributed by atoms with E-state index in [0.717, 1.165) is 16.6 Å². The van der Waals surface area contributed by atoms with E-state index in [1.807, 2.05) is 19.1 Å². The Morgan fingerprint density at radius 1 is 1.50 bits per heavy atom. The second-order valence-electron chi connectivity index (χ2n) is 4.27. The predicted molar refractivity (Wildman–Crippen MR) is 76.2 cm³/mol. The van der Waals surface area contributed by atoms with Gasteiger partial charge in [0.15, 0.2) is 0 Å². The van der Waals surface area contributed by atoms with E-state index in [9.17, 15) is 4.79 Å². The minimum Gasteiger partial charge on any atom is -0.354 e. The van der Waals surface area contributed by atoms with Crippen molar-refractivity contribution in [3.05, 3.63) is 28.5 Å². The van der Waals surface area contributed by atoms with Gasteiger partial charge in [0.05, 0.1) is 5.69 Å². The van der Waals surface area contributed by atoms with Gasteiger partial charge in [-0.2, -0.15) is 0 Å². The molecule has 0 saturated carbocycles. The van der Waals surface area contributed by atoms with Gasteiger partial charge in [0.2, 0.25) is 5.91 Å². The van der Waals surface area contributed by atoms with Crippen LogP contribution in [0.3, 0.4) is 0 Å². The van der Waals surface area contributed by atoms with Crippen molar-refractivity contribution in [3.63, 3.8) is 0 Å². The Bertz CT molecular complexity index is 367. The lowest BCUT2D eigenvalue weighted by Gasteiger charge is -2.11. The van der Waals surface area contributed by atoms with E-state index >= 15 is 0 Å². The SMILES string of the molecule is CCC(C)NC(=O)CCNCc1ccc(Br)cn1. The van der Waals surface area contributed by atoms with Gasteiger partial charge < -0.3 is 10.6 Å². The maximum atomic E-state index is 11.5. The molecule has 1 heterocycles. The molecule has 4 nitrogen and oxygen atoms in total. The van der Waals surface area contributed by atoms with Crippen molar-refractivity contribution >= 4 is 21.8 Å². The first-order valence-corrected chi connectivity index (χ1v) is 7.01. The quantitative estimate of drug-likeness (QED) is 0.759. The van der Waals surface area contributed by atoms with Crippen molar-refractivity contribution < 1.29 is 4.79 Å². The molecule has 0 spiro atoms. The van der Waals surface area contributed by atoms with Gasteiger partial charge in [-0.3, -0.25) is 9.78 Å². The Morgan fingerprint density at radius 2 is 2.28 bits per heavy atom. The normalized spacial score (nSPS) is 12.2. The van der Waals surface area contributed by atoms with Crippen LogP contribution in [0, 0.1) is 0 Å². The number of pyridine rings is 1. The van der Waals surface area contributed by atoms with E-state index in [1.165, 1.54) is 0 Å².